The number of rotatable bonds is 4. The lowest BCUT2D eigenvalue weighted by atomic mass is 10.0. The highest BCUT2D eigenvalue weighted by Gasteiger charge is 2.12. The van der Waals surface area contributed by atoms with Gasteiger partial charge in [0.2, 0.25) is 5.91 Å². The van der Waals surface area contributed by atoms with Crippen molar-refractivity contribution >= 4 is 17.4 Å². The van der Waals surface area contributed by atoms with Crippen LogP contribution in [0.25, 0.3) is 0 Å². The van der Waals surface area contributed by atoms with Crippen LogP contribution in [0.15, 0.2) is 24.3 Å². The summed E-state index contributed by atoms with van der Waals surface area (Å²) in [5, 5.41) is 2.76. The van der Waals surface area contributed by atoms with Crippen LogP contribution in [0.2, 0.25) is 0 Å². The molecule has 0 saturated carbocycles. The molecule has 0 radical (unpaired) electrons. The van der Waals surface area contributed by atoms with Crippen molar-refractivity contribution in [3.8, 4) is 0 Å². The van der Waals surface area contributed by atoms with Crippen molar-refractivity contribution in [1.29, 1.82) is 0 Å². The van der Waals surface area contributed by atoms with Gasteiger partial charge in [0.15, 0.2) is 0 Å². The molecule has 3 nitrogen and oxygen atoms in total. The Morgan fingerprint density at radius 3 is 2.31 bits per heavy atom. The number of benzene rings is 1. The van der Waals surface area contributed by atoms with Crippen LogP contribution in [0.1, 0.15) is 25.8 Å². The second-order valence-electron chi connectivity index (χ2n) is 4.13. The van der Waals surface area contributed by atoms with Gasteiger partial charge in [-0.15, -0.1) is 0 Å². The summed E-state index contributed by atoms with van der Waals surface area (Å²) in [5.74, 6) is -0.295. The molecule has 1 aromatic rings. The van der Waals surface area contributed by atoms with Crippen LogP contribution in [-0.4, -0.2) is 11.7 Å². The maximum Gasteiger partial charge on any atom is 0.225 e. The Morgan fingerprint density at radius 2 is 1.81 bits per heavy atom. The Kier molecular flexibility index (Phi) is 4.23. The highest BCUT2D eigenvalue weighted by Crippen LogP contribution is 2.11. The van der Waals surface area contributed by atoms with Gasteiger partial charge in [-0.3, -0.25) is 9.59 Å². The Balaban J connectivity index is 2.52. The largest absolute Gasteiger partial charge is 0.326 e. The first-order valence-electron chi connectivity index (χ1n) is 5.36. The molecule has 1 aromatic carbocycles. The lowest BCUT2D eigenvalue weighted by Crippen LogP contribution is -2.18. The van der Waals surface area contributed by atoms with Crippen LogP contribution in [0, 0.1) is 12.8 Å². The SMILES string of the molecule is CC(=O)C(C)CC(=O)Nc1ccc(C)cc1. The second-order valence-corrected chi connectivity index (χ2v) is 4.13. The zero-order chi connectivity index (χ0) is 12.1. The first-order valence-corrected chi connectivity index (χ1v) is 5.36. The van der Waals surface area contributed by atoms with Crippen molar-refractivity contribution in [2.45, 2.75) is 27.2 Å². The Bertz CT molecular complexity index is 381. The van der Waals surface area contributed by atoms with E-state index in [4.69, 9.17) is 0 Å². The molecule has 0 spiro atoms. The lowest BCUT2D eigenvalue weighted by Gasteiger charge is -2.08. The van der Waals surface area contributed by atoms with E-state index in [2.05, 4.69) is 5.32 Å². The average molecular weight is 219 g/mol. The summed E-state index contributed by atoms with van der Waals surface area (Å²) in [5.41, 5.74) is 1.92. The molecule has 1 N–H and O–H groups in total. The zero-order valence-corrected chi connectivity index (χ0v) is 9.91. The summed E-state index contributed by atoms with van der Waals surface area (Å²) in [4.78, 5) is 22.5. The molecule has 1 amide bonds. The van der Waals surface area contributed by atoms with E-state index in [0.717, 1.165) is 11.3 Å². The summed E-state index contributed by atoms with van der Waals surface area (Å²) in [6.45, 7) is 5.25. The predicted molar refractivity (Wildman–Crippen MR) is 64.3 cm³/mol. The number of anilines is 1. The van der Waals surface area contributed by atoms with Gasteiger partial charge in [0, 0.05) is 18.0 Å². The van der Waals surface area contributed by atoms with E-state index < -0.39 is 0 Å². The van der Waals surface area contributed by atoms with Gasteiger partial charge in [-0.2, -0.15) is 0 Å². The number of ketones is 1. The minimum Gasteiger partial charge on any atom is -0.326 e. The van der Waals surface area contributed by atoms with Gasteiger partial charge < -0.3 is 5.32 Å². The smallest absolute Gasteiger partial charge is 0.225 e. The third-order valence-electron chi connectivity index (χ3n) is 2.52. The van der Waals surface area contributed by atoms with Gasteiger partial charge in [-0.25, -0.2) is 0 Å². The summed E-state index contributed by atoms with van der Waals surface area (Å²) < 4.78 is 0. The molecule has 3 heteroatoms. The molecule has 0 saturated heterocycles. The Morgan fingerprint density at radius 1 is 1.25 bits per heavy atom. The fraction of sp³-hybridized carbons (Fsp3) is 0.385. The molecule has 0 aliphatic rings. The third kappa shape index (κ3) is 3.85. The van der Waals surface area contributed by atoms with Crippen LogP contribution >= 0.6 is 0 Å². The topological polar surface area (TPSA) is 46.2 Å². The first-order chi connectivity index (χ1) is 7.49. The average Bonchev–Trinajstić information content (AvgIpc) is 2.21. The van der Waals surface area contributed by atoms with E-state index in [1.807, 2.05) is 31.2 Å². The van der Waals surface area contributed by atoms with Crippen LogP contribution in [-0.2, 0) is 9.59 Å². The van der Waals surface area contributed by atoms with E-state index in [1.54, 1.807) is 6.92 Å². The summed E-state index contributed by atoms with van der Waals surface area (Å²) in [6.07, 6.45) is 0.239. The maximum atomic E-state index is 11.5. The first kappa shape index (κ1) is 12.4. The Hall–Kier alpha value is -1.64. The highest BCUT2D eigenvalue weighted by atomic mass is 16.2. The van der Waals surface area contributed by atoms with E-state index in [1.165, 1.54) is 6.92 Å². The number of carbonyl (C=O) groups excluding carboxylic acids is 2. The van der Waals surface area contributed by atoms with Crippen molar-refractivity contribution in [2.75, 3.05) is 5.32 Å². The second kappa shape index (κ2) is 5.45. The summed E-state index contributed by atoms with van der Waals surface area (Å²) in [6, 6.07) is 7.57. The summed E-state index contributed by atoms with van der Waals surface area (Å²) >= 11 is 0. The van der Waals surface area contributed by atoms with E-state index in [-0.39, 0.29) is 24.0 Å². The molecule has 1 atom stereocenters. The van der Waals surface area contributed by atoms with Crippen LogP contribution < -0.4 is 5.32 Å². The zero-order valence-electron chi connectivity index (χ0n) is 9.91. The molecule has 0 aromatic heterocycles. The molecule has 0 bridgehead atoms. The van der Waals surface area contributed by atoms with E-state index in [9.17, 15) is 9.59 Å². The van der Waals surface area contributed by atoms with Gasteiger partial charge in [0.05, 0.1) is 0 Å². The monoisotopic (exact) mass is 219 g/mol. The van der Waals surface area contributed by atoms with Crippen molar-refractivity contribution in [3.63, 3.8) is 0 Å². The number of hydrogen-bond acceptors (Lipinski definition) is 2. The molecule has 1 unspecified atom stereocenters. The number of carbonyl (C=O) groups is 2. The molecular formula is C13H17NO2. The molecule has 86 valence electrons. The molecule has 1 rings (SSSR count). The van der Waals surface area contributed by atoms with Gasteiger partial charge in [-0.05, 0) is 26.0 Å². The van der Waals surface area contributed by atoms with E-state index in [0.29, 0.717) is 0 Å². The molecule has 0 fully saturated rings. The fourth-order valence-electron chi connectivity index (χ4n) is 1.27. The van der Waals surface area contributed by atoms with Crippen LogP contribution in [0.5, 0.6) is 0 Å². The van der Waals surface area contributed by atoms with Gasteiger partial charge in [-0.1, -0.05) is 24.6 Å². The minimum atomic E-state index is -0.217. The van der Waals surface area contributed by atoms with Gasteiger partial charge in [0.1, 0.15) is 5.78 Å². The lowest BCUT2D eigenvalue weighted by molar-refractivity contribution is -0.124. The van der Waals surface area contributed by atoms with Gasteiger partial charge >= 0.3 is 0 Å². The van der Waals surface area contributed by atoms with E-state index >= 15 is 0 Å². The Labute approximate surface area is 95.9 Å². The number of aryl methyl sites for hydroxylation is 1. The number of Topliss-reactive ketones (excluding diaryl/α,β-unsaturated/α-hetero) is 1. The van der Waals surface area contributed by atoms with Gasteiger partial charge in [0.25, 0.3) is 0 Å². The third-order valence-corrected chi connectivity index (χ3v) is 2.52. The standard InChI is InChI=1S/C13H17NO2/c1-9-4-6-12(7-5-9)14-13(16)8-10(2)11(3)15/h4-7,10H,8H2,1-3H3,(H,14,16). The normalized spacial score (nSPS) is 11.9. The molecule has 0 aliphatic carbocycles. The van der Waals surface area contributed by atoms with Crippen molar-refractivity contribution in [2.24, 2.45) is 5.92 Å². The van der Waals surface area contributed by atoms with Crippen molar-refractivity contribution in [3.05, 3.63) is 29.8 Å². The maximum absolute atomic E-state index is 11.5. The quantitative estimate of drug-likeness (QED) is 0.845. The highest BCUT2D eigenvalue weighted by molar-refractivity contribution is 5.93. The van der Waals surface area contributed by atoms with Crippen LogP contribution in [0.3, 0.4) is 0 Å². The van der Waals surface area contributed by atoms with Crippen molar-refractivity contribution < 1.29 is 9.59 Å². The minimum absolute atomic E-state index is 0.0408. The van der Waals surface area contributed by atoms with Crippen molar-refractivity contribution in [1.82, 2.24) is 0 Å². The van der Waals surface area contributed by atoms with Crippen LogP contribution in [0.4, 0.5) is 5.69 Å². The number of amides is 1. The molecular weight excluding hydrogens is 202 g/mol. The number of hydrogen-bond donors (Lipinski definition) is 1. The molecule has 16 heavy (non-hydrogen) atoms. The summed E-state index contributed by atoms with van der Waals surface area (Å²) in [7, 11) is 0. The fourth-order valence-corrected chi connectivity index (χ4v) is 1.27. The predicted octanol–water partition coefficient (Wildman–Crippen LogP) is 2.55. The number of nitrogens with one attached hydrogen (secondary N) is 1. The molecule has 0 heterocycles. The molecule has 0 aliphatic heterocycles.